The van der Waals surface area contributed by atoms with E-state index in [1.807, 2.05) is 36.5 Å². The average Bonchev–Trinajstić information content (AvgIpc) is 3.08. The molecule has 0 spiro atoms. The lowest BCUT2D eigenvalue weighted by molar-refractivity contribution is -0.113. The van der Waals surface area contributed by atoms with E-state index in [0.717, 1.165) is 15.8 Å². The third kappa shape index (κ3) is 3.32. The molecule has 0 saturated carbocycles. The fraction of sp³-hybridized carbons (Fsp3) is 0.0556. The van der Waals surface area contributed by atoms with E-state index in [1.165, 1.54) is 0 Å². The number of para-hydroxylation sites is 1. The maximum Gasteiger partial charge on any atom is 0.255 e. The molecule has 7 heteroatoms. The average molecular weight is 397 g/mol. The van der Waals surface area contributed by atoms with Crippen LogP contribution in [0.15, 0.2) is 65.0 Å². The highest BCUT2D eigenvalue weighted by Crippen LogP contribution is 2.26. The highest BCUT2D eigenvalue weighted by atomic mass is 79.9. The minimum absolute atomic E-state index is 0.203. The van der Waals surface area contributed by atoms with Gasteiger partial charge in [-0.3, -0.25) is 4.79 Å². The van der Waals surface area contributed by atoms with E-state index >= 15 is 0 Å². The summed E-state index contributed by atoms with van der Waals surface area (Å²) in [7, 11) is 0. The molecule has 124 valence electrons. The molecule has 0 atom stereocenters. The van der Waals surface area contributed by atoms with Crippen LogP contribution >= 0.6 is 15.9 Å². The SMILES string of the molecule is O=C(Nc1ccc(-n2cc(Br)cn2)nc1)C1=Cc2ccccc2OC1. The van der Waals surface area contributed by atoms with Crippen LogP contribution in [0.5, 0.6) is 5.75 Å². The van der Waals surface area contributed by atoms with Crippen molar-refractivity contribution in [1.82, 2.24) is 14.8 Å². The van der Waals surface area contributed by atoms with Crippen LogP contribution in [0, 0.1) is 0 Å². The minimum atomic E-state index is -0.203. The Balaban J connectivity index is 1.49. The van der Waals surface area contributed by atoms with Crippen LogP contribution in [0.25, 0.3) is 11.9 Å². The highest BCUT2D eigenvalue weighted by Gasteiger charge is 2.17. The fourth-order valence-corrected chi connectivity index (χ4v) is 2.77. The van der Waals surface area contributed by atoms with Gasteiger partial charge in [-0.2, -0.15) is 5.10 Å². The Kier molecular flexibility index (Phi) is 4.07. The number of rotatable bonds is 3. The Morgan fingerprint density at radius 3 is 2.84 bits per heavy atom. The molecule has 6 nitrogen and oxygen atoms in total. The number of aromatic nitrogens is 3. The first-order valence-corrected chi connectivity index (χ1v) is 8.39. The summed E-state index contributed by atoms with van der Waals surface area (Å²) in [5.41, 5.74) is 2.08. The molecule has 1 N–H and O–H groups in total. The Morgan fingerprint density at radius 2 is 2.08 bits per heavy atom. The van der Waals surface area contributed by atoms with Crippen molar-refractivity contribution < 1.29 is 9.53 Å². The van der Waals surface area contributed by atoms with E-state index in [1.54, 1.807) is 29.2 Å². The van der Waals surface area contributed by atoms with Crippen LogP contribution in [0.2, 0.25) is 0 Å². The van der Waals surface area contributed by atoms with E-state index < -0.39 is 0 Å². The summed E-state index contributed by atoms with van der Waals surface area (Å²) in [6.07, 6.45) is 6.94. The molecule has 0 unspecified atom stereocenters. The van der Waals surface area contributed by atoms with Crippen molar-refractivity contribution in [3.05, 3.63) is 70.6 Å². The van der Waals surface area contributed by atoms with E-state index in [2.05, 4.69) is 31.3 Å². The number of ether oxygens (including phenoxy) is 1. The molecule has 1 amide bonds. The van der Waals surface area contributed by atoms with E-state index in [0.29, 0.717) is 17.1 Å². The Bertz CT molecular complexity index is 963. The third-order valence-electron chi connectivity index (χ3n) is 3.72. The summed E-state index contributed by atoms with van der Waals surface area (Å²) in [6, 6.07) is 11.2. The van der Waals surface area contributed by atoms with Gasteiger partial charge >= 0.3 is 0 Å². The normalized spacial score (nSPS) is 12.8. The maximum atomic E-state index is 12.4. The summed E-state index contributed by atoms with van der Waals surface area (Å²) in [5, 5.41) is 7.00. The number of carbonyl (C=O) groups is 1. The summed E-state index contributed by atoms with van der Waals surface area (Å²) in [6.45, 7) is 0.246. The first kappa shape index (κ1) is 15.6. The van der Waals surface area contributed by atoms with Crippen molar-refractivity contribution in [2.24, 2.45) is 0 Å². The first-order valence-electron chi connectivity index (χ1n) is 7.59. The van der Waals surface area contributed by atoms with Crippen LogP contribution in [-0.4, -0.2) is 27.3 Å². The molecule has 0 radical (unpaired) electrons. The predicted molar refractivity (Wildman–Crippen MR) is 97.6 cm³/mol. The van der Waals surface area contributed by atoms with Gasteiger partial charge in [-0.25, -0.2) is 9.67 Å². The third-order valence-corrected chi connectivity index (χ3v) is 4.12. The molecule has 1 aliphatic heterocycles. The molecule has 4 rings (SSSR count). The zero-order valence-corrected chi connectivity index (χ0v) is 14.6. The van der Waals surface area contributed by atoms with Crippen LogP contribution in [0.4, 0.5) is 5.69 Å². The molecule has 0 aliphatic carbocycles. The topological polar surface area (TPSA) is 69.0 Å². The number of pyridine rings is 1. The summed E-state index contributed by atoms with van der Waals surface area (Å²) >= 11 is 3.35. The Hall–Kier alpha value is -2.93. The van der Waals surface area contributed by atoms with Crippen molar-refractivity contribution in [3.63, 3.8) is 0 Å². The second-order valence-corrected chi connectivity index (χ2v) is 6.37. The quantitative estimate of drug-likeness (QED) is 0.735. The zero-order valence-electron chi connectivity index (χ0n) is 13.0. The molecule has 3 aromatic rings. The van der Waals surface area contributed by atoms with Crippen LogP contribution in [-0.2, 0) is 4.79 Å². The van der Waals surface area contributed by atoms with Gasteiger partial charge in [-0.05, 0) is 40.2 Å². The summed E-state index contributed by atoms with van der Waals surface area (Å²) in [5.74, 6) is 1.25. The zero-order chi connectivity index (χ0) is 17.2. The number of benzene rings is 1. The molecule has 1 aliphatic rings. The van der Waals surface area contributed by atoms with Gasteiger partial charge in [-0.15, -0.1) is 0 Å². The van der Waals surface area contributed by atoms with E-state index in [-0.39, 0.29) is 12.5 Å². The smallest absolute Gasteiger partial charge is 0.255 e. The molecule has 2 aromatic heterocycles. The molecule has 1 aromatic carbocycles. The van der Waals surface area contributed by atoms with Crippen molar-refractivity contribution >= 4 is 33.6 Å². The number of nitrogens with zero attached hydrogens (tertiary/aromatic N) is 3. The molecular weight excluding hydrogens is 384 g/mol. The van der Waals surface area contributed by atoms with Crippen molar-refractivity contribution in [3.8, 4) is 11.6 Å². The molecule has 25 heavy (non-hydrogen) atoms. The molecule has 3 heterocycles. The number of halogens is 1. The maximum absolute atomic E-state index is 12.4. The monoisotopic (exact) mass is 396 g/mol. The number of anilines is 1. The van der Waals surface area contributed by atoms with Gasteiger partial charge in [0.1, 0.15) is 12.4 Å². The summed E-state index contributed by atoms with van der Waals surface area (Å²) in [4.78, 5) is 16.7. The van der Waals surface area contributed by atoms with Crippen LogP contribution in [0.3, 0.4) is 0 Å². The van der Waals surface area contributed by atoms with Crippen molar-refractivity contribution in [1.29, 1.82) is 0 Å². The van der Waals surface area contributed by atoms with Crippen molar-refractivity contribution in [2.45, 2.75) is 0 Å². The van der Waals surface area contributed by atoms with E-state index in [9.17, 15) is 4.79 Å². The predicted octanol–water partition coefficient (Wildman–Crippen LogP) is 3.44. The number of carbonyl (C=O) groups excluding carboxylic acids is 1. The number of nitrogens with one attached hydrogen (secondary N) is 1. The second-order valence-electron chi connectivity index (χ2n) is 5.46. The van der Waals surface area contributed by atoms with Gasteiger partial charge in [0.25, 0.3) is 5.91 Å². The van der Waals surface area contributed by atoms with Gasteiger partial charge in [0.15, 0.2) is 5.82 Å². The second kappa shape index (κ2) is 6.52. The first-order chi connectivity index (χ1) is 12.2. The number of hydrogen-bond donors (Lipinski definition) is 1. The van der Waals surface area contributed by atoms with Crippen LogP contribution < -0.4 is 10.1 Å². The summed E-state index contributed by atoms with van der Waals surface area (Å²) < 4.78 is 8.13. The number of fused-ring (bicyclic) bond motifs is 1. The lowest BCUT2D eigenvalue weighted by Gasteiger charge is -2.17. The van der Waals surface area contributed by atoms with E-state index in [4.69, 9.17) is 4.74 Å². The van der Waals surface area contributed by atoms with Gasteiger partial charge < -0.3 is 10.1 Å². The van der Waals surface area contributed by atoms with Gasteiger partial charge in [0, 0.05) is 11.8 Å². The van der Waals surface area contributed by atoms with Gasteiger partial charge in [0.2, 0.25) is 0 Å². The van der Waals surface area contributed by atoms with Crippen molar-refractivity contribution in [2.75, 3.05) is 11.9 Å². The Morgan fingerprint density at radius 1 is 1.20 bits per heavy atom. The standard InChI is InChI=1S/C18H13BrN4O2/c19-14-8-21-23(10-14)17-6-5-15(9-20-17)22-18(24)13-7-12-3-1-2-4-16(12)25-11-13/h1-10H,11H2,(H,22,24). The molecule has 0 fully saturated rings. The number of amides is 1. The molecule has 0 saturated heterocycles. The highest BCUT2D eigenvalue weighted by molar-refractivity contribution is 9.10. The number of hydrogen-bond acceptors (Lipinski definition) is 4. The van der Waals surface area contributed by atoms with Crippen LogP contribution in [0.1, 0.15) is 5.56 Å². The molecular formula is C18H13BrN4O2. The minimum Gasteiger partial charge on any atom is -0.488 e. The van der Waals surface area contributed by atoms with Gasteiger partial charge in [0.05, 0.1) is 28.1 Å². The largest absolute Gasteiger partial charge is 0.488 e. The fourth-order valence-electron chi connectivity index (χ4n) is 2.48. The lowest BCUT2D eigenvalue weighted by atomic mass is 10.1. The Labute approximate surface area is 152 Å². The lowest BCUT2D eigenvalue weighted by Crippen LogP contribution is -2.21. The molecule has 0 bridgehead atoms. The van der Waals surface area contributed by atoms with Gasteiger partial charge in [-0.1, -0.05) is 18.2 Å².